The molecule has 0 spiro atoms. The van der Waals surface area contributed by atoms with Gasteiger partial charge in [-0.25, -0.2) is 8.42 Å². The Morgan fingerprint density at radius 3 is 1.90 bits per heavy atom. The molecule has 120 valence electrons. The molecule has 0 aromatic carbocycles. The number of rotatable bonds is 6. The minimum atomic E-state index is -3.12. The zero-order chi connectivity index (χ0) is 16.0. The summed E-state index contributed by atoms with van der Waals surface area (Å²) < 4.78 is 31.0. The van der Waals surface area contributed by atoms with Crippen molar-refractivity contribution < 1.29 is 12.8 Å². The summed E-state index contributed by atoms with van der Waals surface area (Å²) in [6.45, 7) is 14.7. The Morgan fingerprint density at radius 1 is 1.15 bits per heavy atom. The highest BCUT2D eigenvalue weighted by atomic mass is 79.9. The number of alkyl halides is 1. The first-order chi connectivity index (χ1) is 8.68. The number of hydrogen-bond acceptors (Lipinski definition) is 3. The van der Waals surface area contributed by atoms with Gasteiger partial charge in [0.15, 0.2) is 18.2 Å². The largest absolute Gasteiger partial charge is 0.411 e. The minimum absolute atomic E-state index is 0.0841. The van der Waals surface area contributed by atoms with Gasteiger partial charge in [0.25, 0.3) is 0 Å². The molecule has 1 aliphatic carbocycles. The molecule has 1 rings (SSSR count). The lowest BCUT2D eigenvalue weighted by Gasteiger charge is -2.43. The minimum Gasteiger partial charge on any atom is -0.411 e. The van der Waals surface area contributed by atoms with Crippen LogP contribution in [0.2, 0.25) is 18.1 Å². The van der Waals surface area contributed by atoms with Crippen LogP contribution in [0.15, 0.2) is 0 Å². The van der Waals surface area contributed by atoms with Crippen LogP contribution in [0.3, 0.4) is 0 Å². The van der Waals surface area contributed by atoms with E-state index in [0.717, 1.165) is 12.8 Å². The predicted octanol–water partition coefficient (Wildman–Crippen LogP) is 4.13. The van der Waals surface area contributed by atoms with Crippen LogP contribution in [0.25, 0.3) is 0 Å². The molecular formula is C14H29BrO3SSi. The normalized spacial score (nSPS) is 20.0. The molecule has 0 aromatic heterocycles. The summed E-state index contributed by atoms with van der Waals surface area (Å²) in [7, 11) is -5.09. The van der Waals surface area contributed by atoms with Crippen molar-refractivity contribution in [3.05, 3.63) is 0 Å². The molecule has 0 aliphatic heterocycles. The van der Waals surface area contributed by atoms with E-state index in [4.69, 9.17) is 4.43 Å². The summed E-state index contributed by atoms with van der Waals surface area (Å²) >= 11 is 3.36. The Kier molecular flexibility index (Phi) is 4.99. The number of sulfone groups is 1. The zero-order valence-electron chi connectivity index (χ0n) is 13.8. The Hall–Kier alpha value is 0.607. The van der Waals surface area contributed by atoms with Gasteiger partial charge in [-0.05, 0) is 44.8 Å². The summed E-state index contributed by atoms with van der Waals surface area (Å²) in [6, 6.07) is 0. The third kappa shape index (κ3) is 3.87. The van der Waals surface area contributed by atoms with Gasteiger partial charge in [0.2, 0.25) is 0 Å². The number of hydrogen-bond donors (Lipinski definition) is 0. The van der Waals surface area contributed by atoms with E-state index in [2.05, 4.69) is 49.8 Å². The SMILES string of the molecule is CC(C)(CS(=O)(=O)C1(CBr)CC1)O[Si](C)(C)C(C)(C)C. The van der Waals surface area contributed by atoms with Gasteiger partial charge in [0.1, 0.15) is 0 Å². The summed E-state index contributed by atoms with van der Waals surface area (Å²) in [5.74, 6) is 0.109. The molecule has 1 saturated carbocycles. The van der Waals surface area contributed by atoms with Crippen LogP contribution in [0.4, 0.5) is 0 Å². The second-order valence-corrected chi connectivity index (χ2v) is 15.9. The topological polar surface area (TPSA) is 43.4 Å². The maximum absolute atomic E-state index is 12.6. The molecule has 1 fully saturated rings. The fourth-order valence-electron chi connectivity index (χ4n) is 2.15. The van der Waals surface area contributed by atoms with Gasteiger partial charge in [0, 0.05) is 5.33 Å². The van der Waals surface area contributed by atoms with E-state index >= 15 is 0 Å². The fourth-order valence-corrected chi connectivity index (χ4v) is 7.79. The van der Waals surface area contributed by atoms with Crippen LogP contribution >= 0.6 is 15.9 Å². The Labute approximate surface area is 134 Å². The Morgan fingerprint density at radius 2 is 1.60 bits per heavy atom. The standard InChI is InChI=1S/C14H29BrO3SSi/c1-12(2,3)20(6,7)18-13(4,5)11-19(16,17)14(10-15)8-9-14/h8-11H2,1-7H3. The van der Waals surface area contributed by atoms with Gasteiger partial charge in [0.05, 0.1) is 16.1 Å². The van der Waals surface area contributed by atoms with Gasteiger partial charge in [-0.2, -0.15) is 0 Å². The molecule has 0 saturated heterocycles. The average Bonchev–Trinajstić information content (AvgIpc) is 2.91. The second kappa shape index (κ2) is 5.35. The van der Waals surface area contributed by atoms with Crippen LogP contribution in [0, 0.1) is 0 Å². The van der Waals surface area contributed by atoms with Gasteiger partial charge >= 0.3 is 0 Å². The van der Waals surface area contributed by atoms with Crippen LogP contribution < -0.4 is 0 Å². The van der Waals surface area contributed by atoms with Crippen molar-refractivity contribution in [2.75, 3.05) is 11.1 Å². The van der Waals surface area contributed by atoms with Gasteiger partial charge in [-0.3, -0.25) is 0 Å². The molecule has 0 N–H and O–H groups in total. The first-order valence-corrected chi connectivity index (χ1v) is 12.8. The third-order valence-corrected chi connectivity index (χ3v) is 13.7. The van der Waals surface area contributed by atoms with E-state index in [9.17, 15) is 8.42 Å². The van der Waals surface area contributed by atoms with Crippen molar-refractivity contribution in [2.45, 2.75) is 75.9 Å². The van der Waals surface area contributed by atoms with Crippen LogP contribution in [-0.2, 0) is 14.3 Å². The molecule has 1 aliphatic rings. The van der Waals surface area contributed by atoms with E-state index < -0.39 is 28.5 Å². The molecule has 0 bridgehead atoms. The van der Waals surface area contributed by atoms with E-state index in [1.54, 1.807) is 0 Å². The van der Waals surface area contributed by atoms with Crippen molar-refractivity contribution in [3.63, 3.8) is 0 Å². The first kappa shape index (κ1) is 18.7. The van der Waals surface area contributed by atoms with Gasteiger partial charge in [-0.15, -0.1) is 0 Å². The van der Waals surface area contributed by atoms with Crippen molar-refractivity contribution in [3.8, 4) is 0 Å². The molecule has 0 unspecified atom stereocenters. The Balaban J connectivity index is 2.86. The summed E-state index contributed by atoms with van der Waals surface area (Å²) in [5, 5.41) is 0.624. The van der Waals surface area contributed by atoms with Crippen molar-refractivity contribution in [1.82, 2.24) is 0 Å². The van der Waals surface area contributed by atoms with Gasteiger partial charge < -0.3 is 4.43 Å². The van der Waals surface area contributed by atoms with Crippen molar-refractivity contribution in [2.24, 2.45) is 0 Å². The third-order valence-electron chi connectivity index (χ3n) is 4.59. The quantitative estimate of drug-likeness (QED) is 0.510. The van der Waals surface area contributed by atoms with E-state index in [1.165, 1.54) is 0 Å². The van der Waals surface area contributed by atoms with Gasteiger partial charge in [-0.1, -0.05) is 36.7 Å². The van der Waals surface area contributed by atoms with Crippen LogP contribution in [-0.4, -0.2) is 38.2 Å². The highest BCUT2D eigenvalue weighted by Gasteiger charge is 2.55. The summed E-state index contributed by atoms with van der Waals surface area (Å²) in [6.07, 6.45) is 1.55. The van der Waals surface area contributed by atoms with Crippen LogP contribution in [0.5, 0.6) is 0 Å². The summed E-state index contributed by atoms with van der Waals surface area (Å²) in [5.41, 5.74) is -0.625. The lowest BCUT2D eigenvalue weighted by atomic mass is 10.2. The average molecular weight is 385 g/mol. The van der Waals surface area contributed by atoms with Crippen molar-refractivity contribution >= 4 is 34.1 Å². The van der Waals surface area contributed by atoms with E-state index in [-0.39, 0.29) is 10.8 Å². The second-order valence-electron chi connectivity index (χ2n) is 8.20. The molecule has 0 radical (unpaired) electrons. The summed E-state index contributed by atoms with van der Waals surface area (Å²) in [4.78, 5) is 0. The zero-order valence-corrected chi connectivity index (χ0v) is 17.2. The maximum atomic E-state index is 12.6. The van der Waals surface area contributed by atoms with E-state index in [1.807, 2.05) is 13.8 Å². The van der Waals surface area contributed by atoms with E-state index in [0.29, 0.717) is 5.33 Å². The smallest absolute Gasteiger partial charge is 0.192 e. The molecule has 0 amide bonds. The first-order valence-electron chi connectivity index (χ1n) is 7.17. The Bertz CT molecular complexity index is 459. The number of halogens is 1. The molecule has 0 aromatic rings. The highest BCUT2D eigenvalue weighted by molar-refractivity contribution is 9.09. The molecule has 0 heterocycles. The van der Waals surface area contributed by atoms with Crippen LogP contribution in [0.1, 0.15) is 47.5 Å². The van der Waals surface area contributed by atoms with Crippen molar-refractivity contribution in [1.29, 1.82) is 0 Å². The lowest BCUT2D eigenvalue weighted by molar-refractivity contribution is 0.115. The maximum Gasteiger partial charge on any atom is 0.192 e. The monoisotopic (exact) mass is 384 g/mol. The molecule has 0 atom stereocenters. The predicted molar refractivity (Wildman–Crippen MR) is 91.9 cm³/mol. The highest BCUT2D eigenvalue weighted by Crippen LogP contribution is 2.47. The molecule has 6 heteroatoms. The molecular weight excluding hydrogens is 356 g/mol. The fraction of sp³-hybridized carbons (Fsp3) is 1.00. The molecule has 3 nitrogen and oxygen atoms in total. The molecule has 20 heavy (non-hydrogen) atoms. The lowest BCUT2D eigenvalue weighted by Crippen LogP contribution is -2.51.